The number of piperidine rings is 1. The zero-order chi connectivity index (χ0) is 29.0. The Bertz CT molecular complexity index is 1360. The van der Waals surface area contributed by atoms with Crippen LogP contribution < -0.4 is 5.32 Å². The molecule has 40 heavy (non-hydrogen) atoms. The smallest absolute Gasteiger partial charge is 0.413 e. The fourth-order valence-electron chi connectivity index (χ4n) is 5.78. The number of hydrogen-bond acceptors (Lipinski definition) is 11. The maximum Gasteiger partial charge on any atom is 0.413 e. The van der Waals surface area contributed by atoms with Crippen molar-refractivity contribution >= 4 is 49.6 Å². The molecule has 16 nitrogen and oxygen atoms in total. The number of nitrogens with zero attached hydrogens (tertiary/aromatic N) is 5. The van der Waals surface area contributed by atoms with Crippen molar-refractivity contribution < 1.29 is 48.3 Å². The molecule has 8 atom stereocenters. The minimum atomic E-state index is -4.74. The highest BCUT2D eigenvalue weighted by Crippen LogP contribution is 2.55. The number of rotatable bonds is 8. The molecule has 3 aliphatic heterocycles. The Balaban J connectivity index is 1.28. The summed E-state index contributed by atoms with van der Waals surface area (Å²) in [5.74, 6) is -1.23. The molecule has 1 amide bonds. The third-order valence-electron chi connectivity index (χ3n) is 7.72. The fraction of sp³-hybridized carbons (Fsp3) is 0.714. The number of carbonyl (C=O) groups excluding carboxylic acids is 1. The number of aliphatic hydroxyl groups is 2. The Morgan fingerprint density at radius 2 is 1.85 bits per heavy atom. The predicted octanol–water partition coefficient (Wildman–Crippen LogP) is 1.07. The lowest BCUT2D eigenvalue weighted by atomic mass is 10.0. The predicted molar refractivity (Wildman–Crippen MR) is 140 cm³/mol. The van der Waals surface area contributed by atoms with Crippen molar-refractivity contribution in [1.29, 1.82) is 0 Å². The molecule has 3 saturated heterocycles. The molecule has 5 rings (SSSR count). The van der Waals surface area contributed by atoms with Gasteiger partial charge in [0.15, 0.2) is 23.2 Å². The third-order valence-corrected chi connectivity index (χ3v) is 12.1. The highest BCUT2D eigenvalue weighted by molar-refractivity contribution is 7.72. The van der Waals surface area contributed by atoms with Crippen molar-refractivity contribution in [1.82, 2.24) is 24.4 Å². The maximum atomic E-state index is 12.7. The maximum absolute atomic E-state index is 12.7. The van der Waals surface area contributed by atoms with E-state index in [1.807, 2.05) is 0 Å². The molecule has 2 aromatic heterocycles. The van der Waals surface area contributed by atoms with E-state index < -0.39 is 57.7 Å². The van der Waals surface area contributed by atoms with Crippen molar-refractivity contribution in [2.45, 2.75) is 74.8 Å². The average Bonchev–Trinajstić information content (AvgIpc) is 3.42. The molecule has 19 heteroatoms. The number of amides is 1. The summed E-state index contributed by atoms with van der Waals surface area (Å²) in [6, 6.07) is 0.750. The van der Waals surface area contributed by atoms with Crippen molar-refractivity contribution in [3.05, 3.63) is 11.6 Å². The van der Waals surface area contributed by atoms with Crippen LogP contribution in [-0.4, -0.2) is 111 Å². The molecule has 0 saturated carbocycles. The number of ether oxygens (including phenoxy) is 2. The number of halogens is 1. The summed E-state index contributed by atoms with van der Waals surface area (Å²) in [6.07, 6.45) is -2.31. The number of aromatic nitrogens is 4. The van der Waals surface area contributed by atoms with Gasteiger partial charge < -0.3 is 39.3 Å². The first-order chi connectivity index (χ1) is 18.7. The van der Waals surface area contributed by atoms with E-state index in [-0.39, 0.29) is 34.8 Å². The summed E-state index contributed by atoms with van der Waals surface area (Å²) in [4.78, 5) is 55.3. The van der Waals surface area contributed by atoms with E-state index in [2.05, 4.69) is 32.2 Å². The summed E-state index contributed by atoms with van der Waals surface area (Å²) in [5, 5.41) is 23.5. The topological polar surface area (TPSA) is 230 Å². The van der Waals surface area contributed by atoms with Crippen LogP contribution in [0, 0.1) is 0 Å². The molecule has 2 aromatic rings. The number of fused-ring (bicyclic) bond motifs is 3. The molecule has 222 valence electrons. The summed E-state index contributed by atoms with van der Waals surface area (Å²) in [5.41, 5.74) is 0.180. The molecular weight excluding hydrogens is 594 g/mol. The van der Waals surface area contributed by atoms with Crippen LogP contribution in [0.1, 0.15) is 38.3 Å². The zero-order valence-electron chi connectivity index (χ0n) is 21.4. The van der Waals surface area contributed by atoms with Gasteiger partial charge in [-0.2, -0.15) is 9.97 Å². The molecule has 3 aliphatic rings. The Morgan fingerprint density at radius 1 is 1.18 bits per heavy atom. The lowest BCUT2D eigenvalue weighted by Gasteiger charge is -2.35. The number of imidazole rings is 1. The quantitative estimate of drug-likeness (QED) is 0.178. The molecular formula is C21H31ClN6O10P2. The molecule has 6 N–H and O–H groups in total. The Morgan fingerprint density at radius 3 is 2.50 bits per heavy atom. The highest BCUT2D eigenvalue weighted by atomic mass is 35.5. The second-order valence-electron chi connectivity index (χ2n) is 10.6. The van der Waals surface area contributed by atoms with Gasteiger partial charge >= 0.3 is 13.7 Å². The van der Waals surface area contributed by atoms with E-state index in [1.54, 1.807) is 0 Å². The van der Waals surface area contributed by atoms with Crippen LogP contribution in [0.25, 0.3) is 11.2 Å². The van der Waals surface area contributed by atoms with Gasteiger partial charge in [0.1, 0.15) is 24.2 Å². The van der Waals surface area contributed by atoms with E-state index in [4.69, 9.17) is 30.9 Å². The summed E-state index contributed by atoms with van der Waals surface area (Å²) in [6.45, 7) is 0. The van der Waals surface area contributed by atoms with Crippen molar-refractivity contribution in [2.75, 3.05) is 24.4 Å². The van der Waals surface area contributed by atoms with Gasteiger partial charge in [-0.3, -0.25) is 19.0 Å². The van der Waals surface area contributed by atoms with Gasteiger partial charge in [0.2, 0.25) is 12.7 Å². The molecule has 0 aromatic carbocycles. The SMILES string of the molecule is CN1[C@@H]2CC[C@H]1C[C@@H](OC(=O)Nc1nc(Cl)nc3c1ncn3[C@@H]1O[C@H](CCP(=O)(O)CP(=O)(O)O)[C@H](O)C1O)C2. The largest absolute Gasteiger partial charge is 0.446 e. The third kappa shape index (κ3) is 6.36. The first kappa shape index (κ1) is 29.8. The molecule has 0 aliphatic carbocycles. The minimum absolute atomic E-state index is 0.0297. The zero-order valence-corrected chi connectivity index (χ0v) is 23.9. The van der Waals surface area contributed by atoms with E-state index in [0.29, 0.717) is 12.1 Å². The first-order valence-corrected chi connectivity index (χ1v) is 16.9. The average molecular weight is 625 g/mol. The Hall–Kier alpha value is -1.71. The molecule has 5 heterocycles. The number of anilines is 1. The molecule has 0 radical (unpaired) electrons. The van der Waals surface area contributed by atoms with Crippen molar-refractivity contribution in [2.24, 2.45) is 0 Å². The second-order valence-corrected chi connectivity index (χ2v) is 15.5. The standard InChI is InChI=1S/C21H31ClN6O10P2/c1-27-10-2-3-11(27)7-12(6-10)37-21(31)25-17-14-18(26-20(22)24-17)28(8-23-14)19-16(30)15(29)13(38-19)4-5-39(32,33)9-40(34,35)36/h8,10-13,15-16,19,29-30H,2-7,9H2,1H3,(H,32,33)(H2,34,35,36)(H,24,25,26,31)/t10-,11+,12+,13-,15+,16?,19-/m1/s1. The van der Waals surface area contributed by atoms with E-state index in [1.165, 1.54) is 10.9 Å². The van der Waals surface area contributed by atoms with Crippen LogP contribution >= 0.6 is 26.6 Å². The van der Waals surface area contributed by atoms with Crippen LogP contribution in [-0.2, 0) is 18.6 Å². The van der Waals surface area contributed by atoms with Gasteiger partial charge in [0, 0.05) is 31.1 Å². The van der Waals surface area contributed by atoms with Crippen LogP contribution in [0.2, 0.25) is 5.28 Å². The lowest BCUT2D eigenvalue weighted by Crippen LogP contribution is -2.43. The van der Waals surface area contributed by atoms with Gasteiger partial charge in [-0.25, -0.2) is 9.78 Å². The van der Waals surface area contributed by atoms with Gasteiger partial charge in [0.05, 0.1) is 12.4 Å². The molecule has 2 unspecified atom stereocenters. The number of aliphatic hydroxyl groups excluding tert-OH is 2. The summed E-state index contributed by atoms with van der Waals surface area (Å²) in [7, 11) is -6.88. The van der Waals surface area contributed by atoms with E-state index in [0.717, 1.165) is 25.7 Å². The molecule has 2 bridgehead atoms. The van der Waals surface area contributed by atoms with Gasteiger partial charge in [-0.05, 0) is 37.9 Å². The molecule has 3 fully saturated rings. The van der Waals surface area contributed by atoms with Gasteiger partial charge in [0.25, 0.3) is 0 Å². The van der Waals surface area contributed by atoms with Crippen LogP contribution in [0.5, 0.6) is 0 Å². The summed E-state index contributed by atoms with van der Waals surface area (Å²) < 4.78 is 35.9. The number of hydrogen-bond donors (Lipinski definition) is 6. The highest BCUT2D eigenvalue weighted by Gasteiger charge is 2.45. The Kier molecular flexibility index (Phi) is 8.32. The Labute approximate surface area is 233 Å². The first-order valence-electron chi connectivity index (χ1n) is 12.7. The van der Waals surface area contributed by atoms with E-state index >= 15 is 0 Å². The second kappa shape index (κ2) is 11.2. The fourth-order valence-corrected chi connectivity index (χ4v) is 9.47. The van der Waals surface area contributed by atoms with Crippen molar-refractivity contribution in [3.8, 4) is 0 Å². The minimum Gasteiger partial charge on any atom is -0.446 e. The normalized spacial score (nSPS) is 32.3. The number of nitrogens with one attached hydrogen (secondary N) is 1. The molecule has 0 spiro atoms. The van der Waals surface area contributed by atoms with Crippen LogP contribution in [0.15, 0.2) is 6.33 Å². The lowest BCUT2D eigenvalue weighted by molar-refractivity contribution is -0.0354. The van der Waals surface area contributed by atoms with Crippen molar-refractivity contribution in [3.63, 3.8) is 0 Å². The van der Waals surface area contributed by atoms with Gasteiger partial charge in [-0.15, -0.1) is 0 Å². The van der Waals surface area contributed by atoms with Crippen LogP contribution in [0.3, 0.4) is 0 Å². The van der Waals surface area contributed by atoms with Crippen LogP contribution in [0.4, 0.5) is 10.6 Å². The monoisotopic (exact) mass is 624 g/mol. The summed E-state index contributed by atoms with van der Waals surface area (Å²) >= 11 is 6.11. The van der Waals surface area contributed by atoms with E-state index in [9.17, 15) is 29.0 Å². The van der Waals surface area contributed by atoms with Gasteiger partial charge in [-0.1, -0.05) is 0 Å². The number of carbonyl (C=O) groups is 1.